The quantitative estimate of drug-likeness (QED) is 0.430. The maximum atomic E-state index is 11.9. The Morgan fingerprint density at radius 3 is 2.73 bits per heavy atom. The number of hydrogen-bond acceptors (Lipinski definition) is 4. The van der Waals surface area contributed by atoms with Gasteiger partial charge in [-0.3, -0.25) is 10.2 Å². The van der Waals surface area contributed by atoms with Gasteiger partial charge in [0.25, 0.3) is 0 Å². The maximum absolute atomic E-state index is 11.9. The lowest BCUT2D eigenvalue weighted by molar-refractivity contribution is -0.128. The second-order valence-corrected chi connectivity index (χ2v) is 4.00. The van der Waals surface area contributed by atoms with Gasteiger partial charge in [0, 0.05) is 6.07 Å². The summed E-state index contributed by atoms with van der Waals surface area (Å²) in [5.41, 5.74) is 2.37. The molecule has 1 amide bonds. The fourth-order valence-corrected chi connectivity index (χ4v) is 2.35. The van der Waals surface area contributed by atoms with Crippen molar-refractivity contribution in [2.45, 2.75) is 37.5 Å². The summed E-state index contributed by atoms with van der Waals surface area (Å²) in [6, 6.07) is 1.75. The number of aromatic nitrogens is 1. The molecule has 0 atom stereocenters. The van der Waals surface area contributed by atoms with Crippen LogP contribution in [0.3, 0.4) is 0 Å². The van der Waals surface area contributed by atoms with Crippen molar-refractivity contribution in [3.8, 4) is 0 Å². The largest absolute Gasteiger partial charge is 0.364 e. The van der Waals surface area contributed by atoms with E-state index in [1.54, 1.807) is 6.07 Å². The zero-order valence-electron chi connectivity index (χ0n) is 8.53. The number of nitrogens with zero attached hydrogens (tertiary/aromatic N) is 1. The molecule has 0 radical (unpaired) electrons. The van der Waals surface area contributed by atoms with Gasteiger partial charge in [-0.15, -0.1) is 0 Å². The van der Waals surface area contributed by atoms with Gasteiger partial charge in [-0.05, 0) is 12.8 Å². The summed E-state index contributed by atoms with van der Waals surface area (Å²) in [6.07, 6.45) is 6.30. The van der Waals surface area contributed by atoms with Crippen molar-refractivity contribution in [3.63, 3.8) is 0 Å². The average molecular weight is 209 g/mol. The minimum atomic E-state index is -0.569. The molecule has 0 aliphatic heterocycles. The van der Waals surface area contributed by atoms with Crippen molar-refractivity contribution in [2.75, 3.05) is 0 Å². The van der Waals surface area contributed by atoms with E-state index < -0.39 is 5.41 Å². The number of carbonyl (C=O) groups is 1. The number of hydrazine groups is 1. The lowest BCUT2D eigenvalue weighted by atomic mass is 9.71. The van der Waals surface area contributed by atoms with E-state index in [4.69, 9.17) is 10.4 Å². The second-order valence-electron chi connectivity index (χ2n) is 4.00. The third-order valence-electron chi connectivity index (χ3n) is 3.20. The summed E-state index contributed by atoms with van der Waals surface area (Å²) in [5.74, 6) is 5.08. The number of hydrogen-bond donors (Lipinski definition) is 2. The Morgan fingerprint density at radius 2 is 2.20 bits per heavy atom. The van der Waals surface area contributed by atoms with Crippen molar-refractivity contribution in [3.05, 3.63) is 18.0 Å². The van der Waals surface area contributed by atoms with Gasteiger partial charge in [-0.2, -0.15) is 0 Å². The molecule has 82 valence electrons. The Bertz CT molecular complexity index is 328. The number of amides is 1. The molecule has 1 fully saturated rings. The molecule has 1 aliphatic rings. The number of rotatable bonds is 2. The van der Waals surface area contributed by atoms with E-state index in [2.05, 4.69) is 10.6 Å². The van der Waals surface area contributed by atoms with Crippen LogP contribution in [0.1, 0.15) is 37.8 Å². The molecule has 0 aromatic carbocycles. The fourth-order valence-electron chi connectivity index (χ4n) is 2.35. The number of carbonyl (C=O) groups excluding carboxylic acids is 1. The molecule has 1 saturated carbocycles. The molecule has 5 heteroatoms. The summed E-state index contributed by atoms with van der Waals surface area (Å²) in [4.78, 5) is 11.9. The first-order valence-electron chi connectivity index (χ1n) is 5.21. The first kappa shape index (κ1) is 10.2. The van der Waals surface area contributed by atoms with Crippen molar-refractivity contribution >= 4 is 5.91 Å². The van der Waals surface area contributed by atoms with Gasteiger partial charge in [0.15, 0.2) is 0 Å². The highest BCUT2D eigenvalue weighted by atomic mass is 16.5. The Hall–Kier alpha value is -1.36. The second kappa shape index (κ2) is 4.02. The molecule has 1 heterocycles. The van der Waals surface area contributed by atoms with Crippen LogP contribution >= 0.6 is 0 Å². The van der Waals surface area contributed by atoms with E-state index in [0.29, 0.717) is 5.69 Å². The van der Waals surface area contributed by atoms with Gasteiger partial charge in [0.2, 0.25) is 5.91 Å². The first-order chi connectivity index (χ1) is 7.29. The number of nitrogens with two attached hydrogens (primary N) is 1. The topological polar surface area (TPSA) is 81.1 Å². The predicted octanol–water partition coefficient (Wildman–Crippen LogP) is 0.866. The SMILES string of the molecule is NNC(=O)C1(c2ccon2)CCCCC1. The number of nitrogens with one attached hydrogen (secondary N) is 1. The molecular formula is C10H15N3O2. The van der Waals surface area contributed by atoms with Crippen LogP contribution in [0.4, 0.5) is 0 Å². The summed E-state index contributed by atoms with van der Waals surface area (Å²) >= 11 is 0. The smallest absolute Gasteiger partial charge is 0.246 e. The monoisotopic (exact) mass is 209 g/mol. The van der Waals surface area contributed by atoms with Crippen LogP contribution in [0.5, 0.6) is 0 Å². The van der Waals surface area contributed by atoms with E-state index >= 15 is 0 Å². The molecule has 1 aromatic rings. The molecule has 0 saturated heterocycles. The molecule has 3 N–H and O–H groups in total. The molecule has 0 spiro atoms. The molecule has 0 bridgehead atoms. The molecular weight excluding hydrogens is 194 g/mol. The van der Waals surface area contributed by atoms with Crippen molar-refractivity contribution in [1.29, 1.82) is 0 Å². The van der Waals surface area contributed by atoms with Crippen LogP contribution in [-0.2, 0) is 10.2 Å². The summed E-state index contributed by atoms with van der Waals surface area (Å²) in [7, 11) is 0. The summed E-state index contributed by atoms with van der Waals surface area (Å²) < 4.78 is 4.82. The minimum absolute atomic E-state index is 0.156. The van der Waals surface area contributed by atoms with E-state index in [1.165, 1.54) is 6.26 Å². The predicted molar refractivity (Wildman–Crippen MR) is 53.6 cm³/mol. The third kappa shape index (κ3) is 1.63. The lowest BCUT2D eigenvalue weighted by Crippen LogP contribution is -2.48. The molecule has 1 aliphatic carbocycles. The van der Waals surface area contributed by atoms with E-state index in [9.17, 15) is 4.79 Å². The Kier molecular flexibility index (Phi) is 2.73. The highest BCUT2D eigenvalue weighted by molar-refractivity contribution is 5.87. The van der Waals surface area contributed by atoms with Crippen LogP contribution in [0.2, 0.25) is 0 Å². The maximum Gasteiger partial charge on any atom is 0.246 e. The Balaban J connectivity index is 2.34. The molecule has 2 rings (SSSR count). The van der Waals surface area contributed by atoms with Crippen LogP contribution in [-0.4, -0.2) is 11.1 Å². The van der Waals surface area contributed by atoms with Crippen molar-refractivity contribution in [1.82, 2.24) is 10.6 Å². The first-order valence-corrected chi connectivity index (χ1v) is 5.21. The standard InChI is InChI=1S/C10H15N3O2/c11-12-9(14)10(5-2-1-3-6-10)8-4-7-15-13-8/h4,7H,1-3,5-6,11H2,(H,12,14). The summed E-state index contributed by atoms with van der Waals surface area (Å²) in [6.45, 7) is 0. The van der Waals surface area contributed by atoms with Gasteiger partial charge in [0.05, 0.1) is 11.1 Å². The third-order valence-corrected chi connectivity index (χ3v) is 3.20. The average Bonchev–Trinajstić information content (AvgIpc) is 2.83. The van der Waals surface area contributed by atoms with Crippen LogP contribution in [0.25, 0.3) is 0 Å². The Labute approximate surface area is 88.0 Å². The molecule has 5 nitrogen and oxygen atoms in total. The zero-order chi connectivity index (χ0) is 10.7. The van der Waals surface area contributed by atoms with Gasteiger partial charge in [-0.1, -0.05) is 24.4 Å². The van der Waals surface area contributed by atoms with E-state index in [1.807, 2.05) is 0 Å². The fraction of sp³-hybridized carbons (Fsp3) is 0.600. The van der Waals surface area contributed by atoms with E-state index in [0.717, 1.165) is 32.1 Å². The lowest BCUT2D eigenvalue weighted by Gasteiger charge is -2.33. The molecule has 15 heavy (non-hydrogen) atoms. The van der Waals surface area contributed by atoms with Gasteiger partial charge < -0.3 is 4.52 Å². The Morgan fingerprint density at radius 1 is 1.47 bits per heavy atom. The van der Waals surface area contributed by atoms with Crippen LogP contribution in [0.15, 0.2) is 16.9 Å². The van der Waals surface area contributed by atoms with Crippen LogP contribution in [0, 0.1) is 0 Å². The van der Waals surface area contributed by atoms with Gasteiger partial charge >= 0.3 is 0 Å². The van der Waals surface area contributed by atoms with Crippen molar-refractivity contribution < 1.29 is 9.32 Å². The highest BCUT2D eigenvalue weighted by Gasteiger charge is 2.42. The van der Waals surface area contributed by atoms with Crippen molar-refractivity contribution in [2.24, 2.45) is 5.84 Å². The molecule has 1 aromatic heterocycles. The minimum Gasteiger partial charge on any atom is -0.364 e. The van der Waals surface area contributed by atoms with Gasteiger partial charge in [-0.25, -0.2) is 5.84 Å². The van der Waals surface area contributed by atoms with Crippen LogP contribution < -0.4 is 11.3 Å². The van der Waals surface area contributed by atoms with E-state index in [-0.39, 0.29) is 5.91 Å². The highest BCUT2D eigenvalue weighted by Crippen LogP contribution is 2.38. The molecule has 0 unspecified atom stereocenters. The zero-order valence-corrected chi connectivity index (χ0v) is 8.53. The summed E-state index contributed by atoms with van der Waals surface area (Å²) in [5, 5.41) is 3.89. The normalized spacial score (nSPS) is 19.8. The van der Waals surface area contributed by atoms with Gasteiger partial charge in [0.1, 0.15) is 6.26 Å².